The lowest BCUT2D eigenvalue weighted by Crippen LogP contribution is -2.16. The van der Waals surface area contributed by atoms with Crippen molar-refractivity contribution >= 4 is 15.6 Å². The Bertz CT molecular complexity index is 562. The van der Waals surface area contributed by atoms with E-state index in [2.05, 4.69) is 41.5 Å². The SMILES string of the molecule is COP(=O)(OCCOCCOP(=O)(OC)OCC(C)CC(C)(C)C)OCC(C)CC(C)(C)C. The smallest absolute Gasteiger partial charge is 0.377 e. The summed E-state index contributed by atoms with van der Waals surface area (Å²) in [7, 11) is -4.70. The van der Waals surface area contributed by atoms with Crippen molar-refractivity contribution in [3.63, 3.8) is 0 Å². The van der Waals surface area contributed by atoms with Gasteiger partial charge in [-0.25, -0.2) is 9.13 Å². The van der Waals surface area contributed by atoms with Gasteiger partial charge in [0.1, 0.15) is 0 Å². The largest absolute Gasteiger partial charge is 0.474 e. The molecule has 0 aromatic carbocycles. The number of hydrogen-bond donors (Lipinski definition) is 0. The molecule has 200 valence electrons. The molecule has 33 heavy (non-hydrogen) atoms. The summed E-state index contributed by atoms with van der Waals surface area (Å²) >= 11 is 0. The van der Waals surface area contributed by atoms with Crippen LogP contribution in [0.3, 0.4) is 0 Å². The molecular formula is C22H48O9P2. The molecule has 0 bridgehead atoms. The van der Waals surface area contributed by atoms with Crippen molar-refractivity contribution in [3.8, 4) is 0 Å². The first kappa shape index (κ1) is 33.2. The van der Waals surface area contributed by atoms with Gasteiger partial charge in [0.2, 0.25) is 0 Å². The van der Waals surface area contributed by atoms with E-state index in [1.54, 1.807) is 0 Å². The van der Waals surface area contributed by atoms with Gasteiger partial charge < -0.3 is 4.74 Å². The molecule has 0 heterocycles. The van der Waals surface area contributed by atoms with Crippen molar-refractivity contribution in [2.75, 3.05) is 53.9 Å². The Kier molecular flexibility index (Phi) is 15.4. The third-order valence-electron chi connectivity index (χ3n) is 4.36. The zero-order valence-electron chi connectivity index (χ0n) is 22.4. The van der Waals surface area contributed by atoms with Crippen molar-refractivity contribution in [1.29, 1.82) is 0 Å². The Morgan fingerprint density at radius 2 is 0.939 bits per heavy atom. The first-order chi connectivity index (χ1) is 15.0. The summed E-state index contributed by atoms with van der Waals surface area (Å²) in [4.78, 5) is 0. The summed E-state index contributed by atoms with van der Waals surface area (Å²) < 4.78 is 61.7. The van der Waals surface area contributed by atoms with E-state index in [0.29, 0.717) is 0 Å². The molecule has 0 aromatic rings. The average Bonchev–Trinajstić information content (AvgIpc) is 2.67. The molecule has 0 saturated carbocycles. The van der Waals surface area contributed by atoms with Crippen molar-refractivity contribution in [1.82, 2.24) is 0 Å². The minimum atomic E-state index is -3.64. The predicted molar refractivity (Wildman–Crippen MR) is 130 cm³/mol. The van der Waals surface area contributed by atoms with Crippen molar-refractivity contribution < 1.29 is 41.0 Å². The molecule has 0 fully saturated rings. The molecule has 0 aliphatic carbocycles. The second-order valence-corrected chi connectivity index (χ2v) is 14.4. The molecule has 4 unspecified atom stereocenters. The molecule has 0 rings (SSSR count). The third kappa shape index (κ3) is 18.2. The summed E-state index contributed by atoms with van der Waals surface area (Å²) in [5.41, 5.74) is 0.304. The molecule has 4 atom stereocenters. The van der Waals surface area contributed by atoms with E-state index >= 15 is 0 Å². The van der Waals surface area contributed by atoms with Crippen LogP contribution >= 0.6 is 15.6 Å². The van der Waals surface area contributed by atoms with Crippen molar-refractivity contribution in [3.05, 3.63) is 0 Å². The molecule has 0 aliphatic rings. The van der Waals surface area contributed by atoms with E-state index in [1.165, 1.54) is 14.2 Å². The van der Waals surface area contributed by atoms with Crippen LogP contribution in [0.1, 0.15) is 68.2 Å². The van der Waals surface area contributed by atoms with E-state index in [0.717, 1.165) is 12.8 Å². The van der Waals surface area contributed by atoms with E-state index in [-0.39, 0.29) is 62.3 Å². The average molecular weight is 519 g/mol. The summed E-state index contributed by atoms with van der Waals surface area (Å²) in [6.45, 7) is 17.8. The van der Waals surface area contributed by atoms with Crippen LogP contribution in [0.4, 0.5) is 0 Å². The fourth-order valence-electron chi connectivity index (χ4n) is 3.45. The fourth-order valence-corrected chi connectivity index (χ4v) is 5.49. The van der Waals surface area contributed by atoms with Gasteiger partial charge in [0, 0.05) is 14.2 Å². The molecule has 0 aliphatic heterocycles. The predicted octanol–water partition coefficient (Wildman–Crippen LogP) is 6.72. The second-order valence-electron chi connectivity index (χ2n) is 10.9. The molecule has 0 N–H and O–H groups in total. The van der Waals surface area contributed by atoms with Gasteiger partial charge in [0.25, 0.3) is 0 Å². The van der Waals surface area contributed by atoms with Crippen LogP contribution < -0.4 is 0 Å². The second kappa shape index (κ2) is 15.3. The molecular weight excluding hydrogens is 470 g/mol. The molecule has 0 aromatic heterocycles. The molecule has 11 heteroatoms. The van der Waals surface area contributed by atoms with E-state index < -0.39 is 15.6 Å². The van der Waals surface area contributed by atoms with Crippen LogP contribution in [-0.2, 0) is 41.0 Å². The summed E-state index contributed by atoms with van der Waals surface area (Å²) in [6, 6.07) is 0. The Balaban J connectivity index is 4.16. The summed E-state index contributed by atoms with van der Waals surface area (Å²) in [5, 5.41) is 0. The molecule has 9 nitrogen and oxygen atoms in total. The maximum Gasteiger partial charge on any atom is 0.474 e. The number of phosphoric ester groups is 2. The van der Waals surface area contributed by atoms with Gasteiger partial charge in [0.15, 0.2) is 0 Å². The standard InChI is InChI=1S/C22H48O9P2/c1-19(15-21(3,4)5)17-30-32(23,25-9)28-13-11-27-12-14-29-33(24,26-10)31-18-20(2)16-22(6,7)8/h19-20H,11-18H2,1-10H3. The van der Waals surface area contributed by atoms with Crippen LogP contribution in [0.15, 0.2) is 0 Å². The highest BCUT2D eigenvalue weighted by Gasteiger charge is 2.28. The van der Waals surface area contributed by atoms with Crippen LogP contribution in [0, 0.1) is 22.7 Å². The van der Waals surface area contributed by atoms with E-state index in [9.17, 15) is 9.13 Å². The van der Waals surface area contributed by atoms with Gasteiger partial charge in [-0.2, -0.15) is 0 Å². The quantitative estimate of drug-likeness (QED) is 0.145. The number of phosphoric acid groups is 2. The van der Waals surface area contributed by atoms with Crippen LogP contribution in [0.25, 0.3) is 0 Å². The van der Waals surface area contributed by atoms with Gasteiger partial charge in [-0.1, -0.05) is 55.4 Å². The van der Waals surface area contributed by atoms with E-state index in [4.69, 9.17) is 31.9 Å². The lowest BCUT2D eigenvalue weighted by Gasteiger charge is -2.24. The normalized spacial score (nSPS) is 18.5. The summed E-state index contributed by atoms with van der Waals surface area (Å²) in [5.74, 6) is 0.418. The molecule has 0 spiro atoms. The highest BCUT2D eigenvalue weighted by atomic mass is 31.2. The number of hydrogen-bond acceptors (Lipinski definition) is 9. The maximum absolute atomic E-state index is 12.5. The lowest BCUT2D eigenvalue weighted by molar-refractivity contribution is 0.0413. The van der Waals surface area contributed by atoms with Crippen LogP contribution in [0.5, 0.6) is 0 Å². The number of ether oxygens (including phenoxy) is 1. The van der Waals surface area contributed by atoms with Crippen molar-refractivity contribution in [2.24, 2.45) is 22.7 Å². The summed E-state index contributed by atoms with van der Waals surface area (Å²) in [6.07, 6.45) is 1.84. The Morgan fingerprint density at radius 3 is 1.21 bits per heavy atom. The van der Waals surface area contributed by atoms with Gasteiger partial charge in [-0.15, -0.1) is 0 Å². The van der Waals surface area contributed by atoms with Gasteiger partial charge in [-0.3, -0.25) is 27.1 Å². The molecule has 0 amide bonds. The number of rotatable bonds is 18. The van der Waals surface area contributed by atoms with Crippen molar-refractivity contribution in [2.45, 2.75) is 68.2 Å². The van der Waals surface area contributed by atoms with Crippen LogP contribution in [-0.4, -0.2) is 53.9 Å². The van der Waals surface area contributed by atoms with Gasteiger partial charge in [0.05, 0.1) is 39.6 Å². The minimum Gasteiger partial charge on any atom is -0.377 e. The van der Waals surface area contributed by atoms with Gasteiger partial charge in [-0.05, 0) is 35.5 Å². The highest BCUT2D eigenvalue weighted by molar-refractivity contribution is 7.48. The minimum absolute atomic E-state index is 0.0154. The Morgan fingerprint density at radius 1 is 0.606 bits per heavy atom. The van der Waals surface area contributed by atoms with Gasteiger partial charge >= 0.3 is 15.6 Å². The monoisotopic (exact) mass is 518 g/mol. The zero-order valence-corrected chi connectivity index (χ0v) is 24.2. The topological polar surface area (TPSA) is 98.8 Å². The molecule has 0 radical (unpaired) electrons. The molecule has 0 saturated heterocycles. The van der Waals surface area contributed by atoms with Crippen LogP contribution in [0.2, 0.25) is 0 Å². The lowest BCUT2D eigenvalue weighted by atomic mass is 9.86. The third-order valence-corrected chi connectivity index (χ3v) is 7.18. The van der Waals surface area contributed by atoms with E-state index in [1.807, 2.05) is 13.8 Å². The highest BCUT2D eigenvalue weighted by Crippen LogP contribution is 2.50. The first-order valence-electron chi connectivity index (χ1n) is 11.5. The Labute approximate surface area is 201 Å². The maximum atomic E-state index is 12.5. The Hall–Kier alpha value is 0.180. The zero-order chi connectivity index (χ0) is 25.8. The first-order valence-corrected chi connectivity index (χ1v) is 14.4. The fraction of sp³-hybridized carbons (Fsp3) is 1.00.